The van der Waals surface area contributed by atoms with Crippen molar-refractivity contribution in [2.45, 2.75) is 18.2 Å². The van der Waals surface area contributed by atoms with Crippen LogP contribution in [-0.4, -0.2) is 5.11 Å². The van der Waals surface area contributed by atoms with E-state index < -0.39 is 12.5 Å². The fraction of sp³-hybridized carbons (Fsp3) is 0.120. The molecule has 4 rings (SSSR count). The summed E-state index contributed by atoms with van der Waals surface area (Å²) in [6, 6.07) is 28.2. The van der Waals surface area contributed by atoms with E-state index in [4.69, 9.17) is 0 Å². The van der Waals surface area contributed by atoms with E-state index in [1.807, 2.05) is 103 Å². The fourth-order valence-electron chi connectivity index (χ4n) is 3.93. The molecule has 0 radical (unpaired) electrons. The Bertz CT molecular complexity index is 996. The van der Waals surface area contributed by atoms with Crippen molar-refractivity contribution in [3.63, 3.8) is 0 Å². The third-order valence-electron chi connectivity index (χ3n) is 5.33. The van der Waals surface area contributed by atoms with E-state index in [0.717, 1.165) is 12.0 Å². The van der Waals surface area contributed by atoms with Crippen molar-refractivity contribution >= 4 is 17.8 Å². The predicted molar refractivity (Wildman–Crippen MR) is 117 cm³/mol. The molecule has 0 fully saturated rings. The second-order valence-electron chi connectivity index (χ2n) is 6.98. The maximum atomic E-state index is 15.0. The number of hydrogen-bond donors (Lipinski definition) is 1. The first-order valence-electron chi connectivity index (χ1n) is 9.53. The Hall–Kier alpha value is -2.67. The molecule has 1 aliphatic rings. The van der Waals surface area contributed by atoms with Crippen molar-refractivity contribution in [3.05, 3.63) is 120 Å². The van der Waals surface area contributed by atoms with Crippen LogP contribution in [0.1, 0.15) is 18.4 Å². The maximum Gasteiger partial charge on any atom is 0.181 e. The summed E-state index contributed by atoms with van der Waals surface area (Å²) >= 11 is 0. The van der Waals surface area contributed by atoms with Crippen LogP contribution in [0.2, 0.25) is 0 Å². The third kappa shape index (κ3) is 2.99. The van der Waals surface area contributed by atoms with E-state index in [2.05, 4.69) is 6.08 Å². The average molecular weight is 386 g/mol. The number of hydrogen-bond acceptors (Lipinski definition) is 2. The van der Waals surface area contributed by atoms with E-state index in [1.54, 1.807) is 0 Å². The molecule has 1 unspecified atom stereocenters. The minimum atomic E-state index is -3.48. The van der Waals surface area contributed by atoms with Gasteiger partial charge in [-0.2, -0.15) is 0 Å². The molecule has 0 spiro atoms. The van der Waals surface area contributed by atoms with Gasteiger partial charge >= 0.3 is 0 Å². The number of benzene rings is 3. The molecule has 2 nitrogen and oxygen atoms in total. The maximum absolute atomic E-state index is 15.0. The molecule has 0 aliphatic heterocycles. The second kappa shape index (κ2) is 7.75. The van der Waals surface area contributed by atoms with Gasteiger partial charge in [-0.1, -0.05) is 109 Å². The molecule has 28 heavy (non-hydrogen) atoms. The smallest absolute Gasteiger partial charge is 0.181 e. The number of aliphatic hydroxyl groups is 1. The van der Waals surface area contributed by atoms with Gasteiger partial charge in [0.2, 0.25) is 0 Å². The molecular weight excluding hydrogens is 363 g/mol. The average Bonchev–Trinajstić information content (AvgIpc) is 2.80. The molecule has 1 atom stereocenters. The minimum Gasteiger partial charge on any atom is -0.373 e. The van der Waals surface area contributed by atoms with Gasteiger partial charge in [0.05, 0.1) is 0 Å². The largest absolute Gasteiger partial charge is 0.373 e. The van der Waals surface area contributed by atoms with Gasteiger partial charge in [-0.25, -0.2) is 0 Å². The SMILES string of the molecule is O=P(c1ccccc1)(c1ccccc1)C(O)(C1=CC=CCC1)c1ccccc1. The molecule has 3 aromatic carbocycles. The summed E-state index contributed by atoms with van der Waals surface area (Å²) in [4.78, 5) is 0. The van der Waals surface area contributed by atoms with Crippen LogP contribution in [0, 0.1) is 0 Å². The Labute approximate surface area is 166 Å². The van der Waals surface area contributed by atoms with Gasteiger partial charge in [0, 0.05) is 10.6 Å². The van der Waals surface area contributed by atoms with E-state index in [0.29, 0.717) is 22.6 Å². The topological polar surface area (TPSA) is 37.3 Å². The van der Waals surface area contributed by atoms with Crippen molar-refractivity contribution in [1.82, 2.24) is 0 Å². The first kappa shape index (κ1) is 18.7. The highest BCUT2D eigenvalue weighted by Crippen LogP contribution is 2.64. The zero-order valence-corrected chi connectivity index (χ0v) is 16.5. The van der Waals surface area contributed by atoms with Crippen molar-refractivity contribution in [2.24, 2.45) is 0 Å². The van der Waals surface area contributed by atoms with E-state index >= 15 is 4.57 Å². The minimum absolute atomic E-state index is 0.656. The van der Waals surface area contributed by atoms with Crippen LogP contribution in [0.5, 0.6) is 0 Å². The first-order valence-corrected chi connectivity index (χ1v) is 11.2. The summed E-state index contributed by atoms with van der Waals surface area (Å²) in [5.74, 6) is 0. The van der Waals surface area contributed by atoms with Gasteiger partial charge in [-0.3, -0.25) is 0 Å². The lowest BCUT2D eigenvalue weighted by atomic mass is 9.94. The monoisotopic (exact) mass is 386 g/mol. The molecule has 0 saturated heterocycles. The Morgan fingerprint density at radius 2 is 1.25 bits per heavy atom. The summed E-state index contributed by atoms with van der Waals surface area (Å²) in [6.45, 7) is 0. The van der Waals surface area contributed by atoms with Gasteiger partial charge in [0.1, 0.15) is 0 Å². The van der Waals surface area contributed by atoms with Crippen LogP contribution < -0.4 is 10.6 Å². The van der Waals surface area contributed by atoms with Crippen molar-refractivity contribution < 1.29 is 9.67 Å². The van der Waals surface area contributed by atoms with Crippen molar-refractivity contribution in [1.29, 1.82) is 0 Å². The lowest BCUT2D eigenvalue weighted by Gasteiger charge is -2.40. The normalized spacial score (nSPS) is 16.2. The molecular formula is C25H23O2P. The standard InChI is InChI=1S/C25H23O2P/c26-25(21-13-5-1-6-14-21,22-15-7-2-8-16-22)28(27,23-17-9-3-10-18-23)24-19-11-4-12-20-24/h1-7,9-15,17-20,26H,8,16H2. The molecule has 0 bridgehead atoms. The van der Waals surface area contributed by atoms with E-state index in [9.17, 15) is 5.11 Å². The summed E-state index contributed by atoms with van der Waals surface area (Å²) in [5.41, 5.74) is 1.45. The van der Waals surface area contributed by atoms with Gasteiger partial charge < -0.3 is 9.67 Å². The highest BCUT2D eigenvalue weighted by Gasteiger charge is 2.52. The third-order valence-corrected chi connectivity index (χ3v) is 8.84. The summed E-state index contributed by atoms with van der Waals surface area (Å²) in [6.07, 6.45) is 7.45. The van der Waals surface area contributed by atoms with Crippen LogP contribution in [0.4, 0.5) is 0 Å². The van der Waals surface area contributed by atoms with Crippen LogP contribution >= 0.6 is 7.14 Å². The first-order chi connectivity index (χ1) is 13.7. The van der Waals surface area contributed by atoms with Crippen LogP contribution in [0.3, 0.4) is 0 Å². The number of rotatable bonds is 5. The zero-order valence-electron chi connectivity index (χ0n) is 15.6. The summed E-state index contributed by atoms with van der Waals surface area (Å²) in [7, 11) is -3.48. The molecule has 1 aliphatic carbocycles. The van der Waals surface area contributed by atoms with Crippen molar-refractivity contribution in [2.75, 3.05) is 0 Å². The Morgan fingerprint density at radius 3 is 1.71 bits per heavy atom. The number of allylic oxidation sites excluding steroid dienone is 3. The lowest BCUT2D eigenvalue weighted by molar-refractivity contribution is 0.159. The predicted octanol–water partition coefficient (Wildman–Crippen LogP) is 5.12. The van der Waals surface area contributed by atoms with Crippen LogP contribution in [0.15, 0.2) is 115 Å². The second-order valence-corrected chi connectivity index (χ2v) is 9.88. The highest BCUT2D eigenvalue weighted by molar-refractivity contribution is 7.79. The summed E-state index contributed by atoms with van der Waals surface area (Å²) < 4.78 is 15.0. The van der Waals surface area contributed by atoms with Gasteiger partial charge in [0.25, 0.3) is 0 Å². The van der Waals surface area contributed by atoms with E-state index in [-0.39, 0.29) is 0 Å². The Morgan fingerprint density at radius 1 is 0.750 bits per heavy atom. The van der Waals surface area contributed by atoms with Gasteiger partial charge in [-0.15, -0.1) is 0 Å². The molecule has 0 saturated carbocycles. The van der Waals surface area contributed by atoms with Crippen LogP contribution in [-0.2, 0) is 9.91 Å². The van der Waals surface area contributed by atoms with Crippen molar-refractivity contribution in [3.8, 4) is 0 Å². The Balaban J connectivity index is 2.07. The molecule has 3 heteroatoms. The quantitative estimate of drug-likeness (QED) is 0.618. The zero-order chi connectivity index (χ0) is 19.5. The summed E-state index contributed by atoms with van der Waals surface area (Å²) in [5, 5.41) is 12.1. The molecule has 1 N–H and O–H groups in total. The molecule has 0 heterocycles. The van der Waals surface area contributed by atoms with Gasteiger partial charge in [0.15, 0.2) is 12.5 Å². The molecule has 0 aromatic heterocycles. The lowest BCUT2D eigenvalue weighted by Crippen LogP contribution is -2.38. The van der Waals surface area contributed by atoms with Gasteiger partial charge in [-0.05, 0) is 24.0 Å². The van der Waals surface area contributed by atoms with E-state index in [1.165, 1.54) is 0 Å². The Kier molecular flexibility index (Phi) is 5.17. The molecule has 0 amide bonds. The van der Waals surface area contributed by atoms with Crippen LogP contribution in [0.25, 0.3) is 0 Å². The fourth-order valence-corrected chi connectivity index (χ4v) is 7.26. The molecule has 3 aromatic rings. The highest BCUT2D eigenvalue weighted by atomic mass is 31.2. The molecule has 140 valence electrons.